The molecule has 0 unspecified atom stereocenters. The lowest BCUT2D eigenvalue weighted by Gasteiger charge is -2.28. The first-order valence-electron chi connectivity index (χ1n) is 12.7. The van der Waals surface area contributed by atoms with Crippen LogP contribution in [-0.2, 0) is 6.42 Å². The van der Waals surface area contributed by atoms with Crippen molar-refractivity contribution in [2.75, 3.05) is 6.61 Å². The molecule has 0 aromatic heterocycles. The number of rotatable bonds is 9. The van der Waals surface area contributed by atoms with E-state index in [-0.39, 0.29) is 36.3 Å². The van der Waals surface area contributed by atoms with Gasteiger partial charge in [0, 0.05) is 5.56 Å². The van der Waals surface area contributed by atoms with Gasteiger partial charge in [-0.05, 0) is 91.3 Å². The summed E-state index contributed by atoms with van der Waals surface area (Å²) in [5.41, 5.74) is 2.27. The van der Waals surface area contributed by atoms with Crippen molar-refractivity contribution in [1.82, 2.24) is 0 Å². The van der Waals surface area contributed by atoms with Crippen LogP contribution < -0.4 is 4.74 Å². The van der Waals surface area contributed by atoms with Gasteiger partial charge in [-0.3, -0.25) is 0 Å². The molecule has 0 amide bonds. The highest BCUT2D eigenvalue weighted by Gasteiger charge is 2.22. The average Bonchev–Trinajstić information content (AvgIpc) is 2.88. The zero-order valence-corrected chi connectivity index (χ0v) is 20.4. The Kier molecular flexibility index (Phi) is 8.65. The van der Waals surface area contributed by atoms with Crippen molar-refractivity contribution >= 4 is 0 Å². The van der Waals surface area contributed by atoms with Gasteiger partial charge in [0.15, 0.2) is 29.0 Å². The predicted octanol–water partition coefficient (Wildman–Crippen LogP) is 9.13. The van der Waals surface area contributed by atoms with Crippen molar-refractivity contribution in [2.24, 2.45) is 5.92 Å². The topological polar surface area (TPSA) is 9.23 Å². The summed E-state index contributed by atoms with van der Waals surface area (Å²) in [7, 11) is 0. The molecular weight excluding hydrogens is 471 g/mol. The van der Waals surface area contributed by atoms with Crippen molar-refractivity contribution in [3.8, 4) is 16.9 Å². The van der Waals surface area contributed by atoms with Crippen molar-refractivity contribution < 1.29 is 26.7 Å². The first kappa shape index (κ1) is 26.2. The molecular formula is C30H31F5O. The molecule has 0 bridgehead atoms. The molecule has 0 spiro atoms. The van der Waals surface area contributed by atoms with Crippen LogP contribution in [0.3, 0.4) is 0 Å². The van der Waals surface area contributed by atoms with Gasteiger partial charge in [-0.2, -0.15) is 4.39 Å². The Bertz CT molecular complexity index is 1140. The highest BCUT2D eigenvalue weighted by atomic mass is 19.2. The van der Waals surface area contributed by atoms with E-state index in [1.165, 1.54) is 56.2 Å². The predicted molar refractivity (Wildman–Crippen MR) is 132 cm³/mol. The minimum atomic E-state index is -1.52. The molecule has 0 heterocycles. The maximum absolute atomic E-state index is 14.8. The smallest absolute Gasteiger partial charge is 0.201 e. The van der Waals surface area contributed by atoms with E-state index in [9.17, 15) is 22.0 Å². The monoisotopic (exact) mass is 502 g/mol. The van der Waals surface area contributed by atoms with E-state index in [0.29, 0.717) is 11.5 Å². The van der Waals surface area contributed by atoms with Crippen molar-refractivity contribution in [1.29, 1.82) is 0 Å². The van der Waals surface area contributed by atoms with Crippen LogP contribution in [0.4, 0.5) is 22.0 Å². The minimum absolute atomic E-state index is 0.00548. The minimum Gasteiger partial charge on any atom is -0.490 e. The zero-order valence-electron chi connectivity index (χ0n) is 20.4. The Morgan fingerprint density at radius 1 is 0.778 bits per heavy atom. The Balaban J connectivity index is 1.34. The normalized spacial score (nSPS) is 17.8. The number of aryl methyl sites for hydroxylation is 1. The molecule has 1 nitrogen and oxygen atoms in total. The van der Waals surface area contributed by atoms with Gasteiger partial charge in [0.2, 0.25) is 5.82 Å². The van der Waals surface area contributed by atoms with E-state index >= 15 is 0 Å². The second-order valence-electron chi connectivity index (χ2n) is 9.69. The number of ether oxygens (including phenoxy) is 1. The lowest BCUT2D eigenvalue weighted by atomic mass is 9.77. The molecule has 4 rings (SSSR count). The van der Waals surface area contributed by atoms with Crippen molar-refractivity contribution in [3.05, 3.63) is 88.7 Å². The Labute approximate surface area is 209 Å². The number of hydrogen-bond donors (Lipinski definition) is 0. The number of benzene rings is 3. The van der Waals surface area contributed by atoms with E-state index in [2.05, 4.69) is 6.92 Å². The number of halogens is 5. The van der Waals surface area contributed by atoms with Crippen LogP contribution in [0.15, 0.2) is 48.5 Å². The van der Waals surface area contributed by atoms with Gasteiger partial charge < -0.3 is 4.74 Å². The van der Waals surface area contributed by atoms with Crippen LogP contribution in [0.25, 0.3) is 11.1 Å². The molecule has 6 heteroatoms. The molecule has 3 aromatic rings. The third kappa shape index (κ3) is 6.08. The van der Waals surface area contributed by atoms with E-state index in [1.54, 1.807) is 0 Å². The van der Waals surface area contributed by atoms with Gasteiger partial charge in [0.25, 0.3) is 0 Å². The van der Waals surface area contributed by atoms with Gasteiger partial charge in [0.05, 0.1) is 6.61 Å². The molecule has 0 radical (unpaired) electrons. The highest BCUT2D eigenvalue weighted by molar-refractivity contribution is 5.65. The summed E-state index contributed by atoms with van der Waals surface area (Å²) in [5.74, 6) is -4.98. The van der Waals surface area contributed by atoms with E-state index in [1.807, 2.05) is 24.3 Å². The molecule has 1 fully saturated rings. The summed E-state index contributed by atoms with van der Waals surface area (Å²) in [6, 6.07) is 12.4. The number of hydrogen-bond acceptors (Lipinski definition) is 1. The van der Waals surface area contributed by atoms with Gasteiger partial charge in [-0.25, -0.2) is 17.6 Å². The maximum atomic E-state index is 14.8. The molecule has 0 atom stereocenters. The van der Waals surface area contributed by atoms with E-state index < -0.39 is 29.1 Å². The maximum Gasteiger partial charge on any atom is 0.201 e. The molecule has 192 valence electrons. The van der Waals surface area contributed by atoms with Crippen LogP contribution in [0.1, 0.15) is 68.9 Å². The first-order chi connectivity index (χ1) is 17.4. The van der Waals surface area contributed by atoms with Crippen molar-refractivity contribution in [2.45, 2.75) is 64.2 Å². The lowest BCUT2D eigenvalue weighted by Crippen LogP contribution is -2.13. The third-order valence-electron chi connectivity index (χ3n) is 7.19. The van der Waals surface area contributed by atoms with Crippen LogP contribution in [0.5, 0.6) is 5.75 Å². The van der Waals surface area contributed by atoms with Crippen molar-refractivity contribution in [3.63, 3.8) is 0 Å². The third-order valence-corrected chi connectivity index (χ3v) is 7.19. The summed E-state index contributed by atoms with van der Waals surface area (Å²) in [6.07, 6.45) is 7.85. The molecule has 1 aliphatic carbocycles. The summed E-state index contributed by atoms with van der Waals surface area (Å²) in [4.78, 5) is 0. The fourth-order valence-electron chi connectivity index (χ4n) is 5.20. The molecule has 1 aliphatic rings. The van der Waals surface area contributed by atoms with Gasteiger partial charge in [-0.1, -0.05) is 44.0 Å². The quantitative estimate of drug-likeness (QED) is 0.161. The lowest BCUT2D eigenvalue weighted by molar-refractivity contribution is 0.290. The second kappa shape index (κ2) is 11.9. The van der Waals surface area contributed by atoms with E-state index in [0.717, 1.165) is 18.1 Å². The SMILES string of the molecule is CCCC1CCC(c2ccc(-c3ccc(OCCCc4cc(F)c(F)c(F)c4)c(F)c3F)cc2)CC1. The zero-order chi connectivity index (χ0) is 25.7. The van der Waals surface area contributed by atoms with Gasteiger partial charge >= 0.3 is 0 Å². The summed E-state index contributed by atoms with van der Waals surface area (Å²) in [6.45, 7) is 2.24. The standard InChI is InChI=1S/C30H31F5O/c1-2-4-19-6-8-21(9-7-19)22-10-12-23(13-11-22)24-14-15-27(30(35)28(24)33)36-16-3-5-20-17-25(31)29(34)26(32)18-20/h10-15,17-19,21H,2-9,16H2,1H3. The van der Waals surface area contributed by atoms with Gasteiger partial charge in [-0.15, -0.1) is 0 Å². The Morgan fingerprint density at radius 2 is 1.44 bits per heavy atom. The molecule has 36 heavy (non-hydrogen) atoms. The highest BCUT2D eigenvalue weighted by Crippen LogP contribution is 2.38. The fraction of sp³-hybridized carbons (Fsp3) is 0.400. The molecule has 0 saturated heterocycles. The summed E-state index contributed by atoms with van der Waals surface area (Å²) < 4.78 is 74.5. The molecule has 0 N–H and O–H groups in total. The van der Waals surface area contributed by atoms with Crippen LogP contribution in [0.2, 0.25) is 0 Å². The van der Waals surface area contributed by atoms with Crippen LogP contribution in [0, 0.1) is 35.0 Å². The largest absolute Gasteiger partial charge is 0.490 e. The van der Waals surface area contributed by atoms with Crippen LogP contribution in [-0.4, -0.2) is 6.61 Å². The Morgan fingerprint density at radius 3 is 2.08 bits per heavy atom. The first-order valence-corrected chi connectivity index (χ1v) is 12.7. The Hall–Kier alpha value is -2.89. The average molecular weight is 503 g/mol. The molecule has 1 saturated carbocycles. The van der Waals surface area contributed by atoms with Gasteiger partial charge in [0.1, 0.15) is 0 Å². The second-order valence-corrected chi connectivity index (χ2v) is 9.69. The molecule has 3 aromatic carbocycles. The van der Waals surface area contributed by atoms with Crippen LogP contribution >= 0.6 is 0 Å². The molecule has 0 aliphatic heterocycles. The van der Waals surface area contributed by atoms with E-state index in [4.69, 9.17) is 4.74 Å². The summed E-state index contributed by atoms with van der Waals surface area (Å²) >= 11 is 0. The fourth-order valence-corrected chi connectivity index (χ4v) is 5.20. The summed E-state index contributed by atoms with van der Waals surface area (Å²) in [5, 5.41) is 0.